The summed E-state index contributed by atoms with van der Waals surface area (Å²) < 4.78 is 0. The number of aromatic nitrogens is 1. The minimum absolute atomic E-state index is 0.177. The normalized spacial score (nSPS) is 26.7. The predicted octanol–water partition coefficient (Wildman–Crippen LogP) is 3.90. The van der Waals surface area contributed by atoms with Crippen molar-refractivity contribution in [3.63, 3.8) is 0 Å². The quantitative estimate of drug-likeness (QED) is 0.910. The molecule has 0 spiro atoms. The highest BCUT2D eigenvalue weighted by atomic mass is 35.5. The Hall–Kier alpha value is -1.43. The van der Waals surface area contributed by atoms with Gasteiger partial charge in [-0.25, -0.2) is 4.98 Å². The second-order valence-electron chi connectivity index (χ2n) is 6.29. The van der Waals surface area contributed by atoms with Gasteiger partial charge in [0, 0.05) is 28.0 Å². The Kier molecular flexibility index (Phi) is 3.87. The van der Waals surface area contributed by atoms with Crippen molar-refractivity contribution < 1.29 is 9.90 Å². The topological polar surface area (TPSA) is 53.4 Å². The number of carboxylic acids is 1. The van der Waals surface area contributed by atoms with E-state index in [0.717, 1.165) is 42.1 Å². The Bertz CT molecular complexity index is 748. The van der Waals surface area contributed by atoms with Crippen molar-refractivity contribution in [2.75, 3.05) is 0 Å². The van der Waals surface area contributed by atoms with Crippen molar-refractivity contribution in [1.82, 2.24) is 9.88 Å². The van der Waals surface area contributed by atoms with Crippen LogP contribution in [0.1, 0.15) is 24.3 Å². The minimum Gasteiger partial charge on any atom is -0.481 e. The Morgan fingerprint density at radius 3 is 3.04 bits per heavy atom. The van der Waals surface area contributed by atoms with Crippen molar-refractivity contribution in [1.29, 1.82) is 0 Å². The number of fused-ring (bicyclic) bond motifs is 2. The maximum Gasteiger partial charge on any atom is 0.308 e. The number of hydrogen-bond donors (Lipinski definition) is 1. The third-order valence-corrected chi connectivity index (χ3v) is 6.06. The van der Waals surface area contributed by atoms with E-state index in [9.17, 15) is 9.90 Å². The number of thiazole rings is 1. The molecule has 2 aliphatic heterocycles. The lowest BCUT2D eigenvalue weighted by Gasteiger charge is -2.21. The molecule has 2 fully saturated rings. The highest BCUT2D eigenvalue weighted by molar-refractivity contribution is 7.09. The van der Waals surface area contributed by atoms with Gasteiger partial charge >= 0.3 is 5.97 Å². The molecule has 3 heterocycles. The van der Waals surface area contributed by atoms with Crippen molar-refractivity contribution in [3.8, 4) is 11.3 Å². The fourth-order valence-electron chi connectivity index (χ4n) is 3.93. The Labute approximate surface area is 143 Å². The van der Waals surface area contributed by atoms with Gasteiger partial charge in [0.05, 0.1) is 18.2 Å². The molecule has 23 heavy (non-hydrogen) atoms. The van der Waals surface area contributed by atoms with Crippen LogP contribution < -0.4 is 0 Å². The second-order valence-corrected chi connectivity index (χ2v) is 7.67. The Morgan fingerprint density at radius 1 is 1.43 bits per heavy atom. The Morgan fingerprint density at radius 2 is 2.30 bits per heavy atom. The average Bonchev–Trinajstić information content (AvgIpc) is 3.23. The molecule has 6 heteroatoms. The molecule has 4 rings (SSSR count). The highest BCUT2D eigenvalue weighted by Gasteiger charge is 2.49. The molecule has 3 unspecified atom stereocenters. The smallest absolute Gasteiger partial charge is 0.308 e. The maximum atomic E-state index is 11.4. The van der Waals surface area contributed by atoms with Crippen LogP contribution in [0.2, 0.25) is 5.02 Å². The summed E-state index contributed by atoms with van der Waals surface area (Å²) >= 11 is 7.68. The molecule has 3 atom stereocenters. The predicted molar refractivity (Wildman–Crippen MR) is 90.7 cm³/mol. The van der Waals surface area contributed by atoms with Gasteiger partial charge in [-0.05, 0) is 31.4 Å². The SMILES string of the molecule is O=C(O)C1CC2CCC1N2Cc1nc(-c2cccc(Cl)c2)cs1. The van der Waals surface area contributed by atoms with E-state index in [1.807, 2.05) is 29.6 Å². The summed E-state index contributed by atoms with van der Waals surface area (Å²) in [7, 11) is 0. The molecule has 2 aromatic rings. The third kappa shape index (κ3) is 2.77. The van der Waals surface area contributed by atoms with Crippen LogP contribution in [-0.4, -0.2) is 33.0 Å². The van der Waals surface area contributed by atoms with Gasteiger partial charge in [0.25, 0.3) is 0 Å². The minimum atomic E-state index is -0.652. The van der Waals surface area contributed by atoms with Crippen molar-refractivity contribution in [2.24, 2.45) is 5.92 Å². The molecule has 0 radical (unpaired) electrons. The van der Waals surface area contributed by atoms with Crippen molar-refractivity contribution >= 4 is 28.9 Å². The maximum absolute atomic E-state index is 11.4. The zero-order valence-electron chi connectivity index (χ0n) is 12.5. The summed E-state index contributed by atoms with van der Waals surface area (Å²) in [6.07, 6.45) is 2.89. The van der Waals surface area contributed by atoms with E-state index < -0.39 is 5.97 Å². The molecular formula is C17H17ClN2O2S. The van der Waals surface area contributed by atoms with E-state index in [4.69, 9.17) is 16.6 Å². The lowest BCUT2D eigenvalue weighted by molar-refractivity contribution is -0.142. The van der Waals surface area contributed by atoms with Gasteiger partial charge in [0.1, 0.15) is 5.01 Å². The first kappa shape index (κ1) is 15.1. The first-order valence-corrected chi connectivity index (χ1v) is 9.06. The molecule has 2 bridgehead atoms. The number of nitrogens with zero attached hydrogens (tertiary/aromatic N) is 2. The van der Waals surface area contributed by atoms with E-state index in [2.05, 4.69) is 4.90 Å². The molecule has 120 valence electrons. The first-order chi connectivity index (χ1) is 11.1. The first-order valence-electron chi connectivity index (χ1n) is 7.80. The standard InChI is InChI=1S/C17H17ClN2O2S/c18-11-3-1-2-10(6-11)14-9-23-16(19-14)8-20-12-4-5-15(20)13(7-12)17(21)22/h1-3,6,9,12-13,15H,4-5,7-8H2,(H,21,22). The number of aliphatic carboxylic acids is 1. The Balaban J connectivity index is 1.52. The molecule has 0 aliphatic carbocycles. The van der Waals surface area contributed by atoms with Crippen LogP contribution in [0.25, 0.3) is 11.3 Å². The third-order valence-electron chi connectivity index (χ3n) is 4.99. The van der Waals surface area contributed by atoms with Crippen LogP contribution >= 0.6 is 22.9 Å². The number of halogens is 1. The van der Waals surface area contributed by atoms with Crippen LogP contribution in [0, 0.1) is 5.92 Å². The van der Waals surface area contributed by atoms with Crippen LogP contribution in [-0.2, 0) is 11.3 Å². The molecule has 0 amide bonds. The van der Waals surface area contributed by atoms with Crippen LogP contribution in [0.3, 0.4) is 0 Å². The lowest BCUT2D eigenvalue weighted by Crippen LogP contribution is -2.32. The molecular weight excluding hydrogens is 332 g/mol. The summed E-state index contributed by atoms with van der Waals surface area (Å²) in [4.78, 5) is 18.4. The van der Waals surface area contributed by atoms with Crippen LogP contribution in [0.15, 0.2) is 29.6 Å². The van der Waals surface area contributed by atoms with E-state index in [0.29, 0.717) is 11.1 Å². The largest absolute Gasteiger partial charge is 0.481 e. The number of benzene rings is 1. The average molecular weight is 349 g/mol. The molecule has 2 saturated heterocycles. The van der Waals surface area contributed by atoms with E-state index >= 15 is 0 Å². The molecule has 4 nitrogen and oxygen atoms in total. The van der Waals surface area contributed by atoms with Crippen molar-refractivity contribution in [2.45, 2.75) is 37.9 Å². The summed E-state index contributed by atoms with van der Waals surface area (Å²) in [5, 5.41) is 13.1. The number of rotatable bonds is 4. The van der Waals surface area contributed by atoms with Crippen LogP contribution in [0.4, 0.5) is 0 Å². The molecule has 1 N–H and O–H groups in total. The van der Waals surface area contributed by atoms with Gasteiger partial charge in [-0.3, -0.25) is 9.69 Å². The number of carbonyl (C=O) groups is 1. The van der Waals surface area contributed by atoms with Gasteiger partial charge in [-0.2, -0.15) is 0 Å². The summed E-state index contributed by atoms with van der Waals surface area (Å²) in [5.41, 5.74) is 1.96. The molecule has 0 saturated carbocycles. The van der Waals surface area contributed by atoms with Gasteiger partial charge in [-0.15, -0.1) is 11.3 Å². The lowest BCUT2D eigenvalue weighted by atomic mass is 9.89. The van der Waals surface area contributed by atoms with E-state index in [-0.39, 0.29) is 12.0 Å². The van der Waals surface area contributed by atoms with Gasteiger partial charge in [-0.1, -0.05) is 23.7 Å². The number of hydrogen-bond acceptors (Lipinski definition) is 4. The zero-order chi connectivity index (χ0) is 16.0. The van der Waals surface area contributed by atoms with Crippen LogP contribution in [0.5, 0.6) is 0 Å². The zero-order valence-corrected chi connectivity index (χ0v) is 14.1. The van der Waals surface area contributed by atoms with Gasteiger partial charge in [0.2, 0.25) is 0 Å². The summed E-state index contributed by atoms with van der Waals surface area (Å²) in [6.45, 7) is 0.754. The van der Waals surface area contributed by atoms with E-state index in [1.165, 1.54) is 0 Å². The molecule has 1 aromatic heterocycles. The second kappa shape index (κ2) is 5.89. The number of carboxylic acid groups (broad SMARTS) is 1. The summed E-state index contributed by atoms with van der Waals surface area (Å²) in [5.74, 6) is -0.859. The highest BCUT2D eigenvalue weighted by Crippen LogP contribution is 2.43. The van der Waals surface area contributed by atoms with Gasteiger partial charge < -0.3 is 5.11 Å². The van der Waals surface area contributed by atoms with Crippen molar-refractivity contribution in [3.05, 3.63) is 39.7 Å². The fraction of sp³-hybridized carbons (Fsp3) is 0.412. The van der Waals surface area contributed by atoms with E-state index in [1.54, 1.807) is 11.3 Å². The van der Waals surface area contributed by atoms with Gasteiger partial charge in [0.15, 0.2) is 0 Å². The molecule has 2 aliphatic rings. The molecule has 1 aromatic carbocycles. The summed E-state index contributed by atoms with van der Waals surface area (Å²) in [6, 6.07) is 8.28. The fourth-order valence-corrected chi connectivity index (χ4v) is 4.93. The monoisotopic (exact) mass is 348 g/mol.